The van der Waals surface area contributed by atoms with Crippen LogP contribution in [-0.2, 0) is 11.3 Å². The van der Waals surface area contributed by atoms with Gasteiger partial charge in [-0.15, -0.1) is 11.3 Å². The Bertz CT molecular complexity index is 1060. The number of carbonyl (C=O) groups is 1. The van der Waals surface area contributed by atoms with Crippen LogP contribution in [0, 0.1) is 0 Å². The fraction of sp³-hybridized carbons (Fsp3) is 0.0625. The van der Waals surface area contributed by atoms with Gasteiger partial charge in [-0.05, 0) is 12.1 Å². The molecule has 4 aromatic rings. The molecule has 0 aliphatic carbocycles. The summed E-state index contributed by atoms with van der Waals surface area (Å²) in [5, 5.41) is 5.84. The fourth-order valence-electron chi connectivity index (χ4n) is 2.36. The van der Waals surface area contributed by atoms with Gasteiger partial charge in [0.2, 0.25) is 5.91 Å². The van der Waals surface area contributed by atoms with Crippen molar-refractivity contribution >= 4 is 45.1 Å². The number of imidazole rings is 1. The fourth-order valence-corrected chi connectivity index (χ4v) is 3.28. The Morgan fingerprint density at radius 2 is 2.24 bits per heavy atom. The highest BCUT2D eigenvalue weighted by molar-refractivity contribution is 7.14. The highest BCUT2D eigenvalue weighted by Crippen LogP contribution is 2.26. The minimum atomic E-state index is -0.199. The number of carbonyl (C=O) groups excluding carboxylic acids is 1. The van der Waals surface area contributed by atoms with Gasteiger partial charge >= 0.3 is 0 Å². The Kier molecular flexibility index (Phi) is 4.12. The summed E-state index contributed by atoms with van der Waals surface area (Å²) in [7, 11) is 0. The Labute approximate surface area is 151 Å². The van der Waals surface area contributed by atoms with Crippen molar-refractivity contribution in [3.05, 3.63) is 53.5 Å². The molecule has 0 unspecified atom stereocenters. The smallest absolute Gasteiger partial charge is 0.246 e. The number of anilines is 1. The first-order chi connectivity index (χ1) is 12.2. The van der Waals surface area contributed by atoms with Crippen molar-refractivity contribution in [1.82, 2.24) is 24.5 Å². The third-order valence-electron chi connectivity index (χ3n) is 3.49. The van der Waals surface area contributed by atoms with Crippen molar-refractivity contribution in [2.75, 3.05) is 5.32 Å². The molecule has 9 heteroatoms. The average Bonchev–Trinajstić information content (AvgIpc) is 3.23. The summed E-state index contributed by atoms with van der Waals surface area (Å²) in [5.41, 5.74) is 2.93. The summed E-state index contributed by atoms with van der Waals surface area (Å²) >= 11 is 7.36. The minimum Gasteiger partial charge on any atom is -0.318 e. The van der Waals surface area contributed by atoms with Gasteiger partial charge in [0.05, 0.1) is 18.2 Å². The first-order valence-corrected chi connectivity index (χ1v) is 8.57. The summed E-state index contributed by atoms with van der Waals surface area (Å²) in [6, 6.07) is 7.42. The average molecular weight is 371 g/mol. The molecule has 0 saturated carbocycles. The van der Waals surface area contributed by atoms with Crippen LogP contribution in [0.2, 0.25) is 5.02 Å². The van der Waals surface area contributed by atoms with Crippen LogP contribution in [0.15, 0.2) is 48.5 Å². The van der Waals surface area contributed by atoms with Gasteiger partial charge in [0, 0.05) is 16.0 Å². The molecule has 1 amide bonds. The molecule has 0 saturated heterocycles. The number of benzene rings is 1. The van der Waals surface area contributed by atoms with Gasteiger partial charge in [-0.3, -0.25) is 4.79 Å². The van der Waals surface area contributed by atoms with E-state index in [1.165, 1.54) is 17.7 Å². The lowest BCUT2D eigenvalue weighted by atomic mass is 10.2. The lowest BCUT2D eigenvalue weighted by Crippen LogP contribution is -2.18. The van der Waals surface area contributed by atoms with Gasteiger partial charge in [0.1, 0.15) is 18.4 Å². The van der Waals surface area contributed by atoms with E-state index in [-0.39, 0.29) is 12.5 Å². The highest BCUT2D eigenvalue weighted by Gasteiger charge is 2.11. The van der Waals surface area contributed by atoms with Gasteiger partial charge in [0.25, 0.3) is 0 Å². The monoisotopic (exact) mass is 370 g/mol. The number of hydrogen-bond acceptors (Lipinski definition) is 6. The van der Waals surface area contributed by atoms with Crippen LogP contribution in [-0.4, -0.2) is 30.4 Å². The number of nitrogens with one attached hydrogen (secondary N) is 1. The van der Waals surface area contributed by atoms with Gasteiger partial charge in [-0.25, -0.2) is 19.9 Å². The maximum absolute atomic E-state index is 12.3. The SMILES string of the molecule is O=C(Cn1cnc2ncncc21)Nc1nc(-c2cccc(Cl)c2)cs1. The van der Waals surface area contributed by atoms with Crippen LogP contribution in [0.4, 0.5) is 5.13 Å². The first-order valence-electron chi connectivity index (χ1n) is 7.31. The van der Waals surface area contributed by atoms with Crippen molar-refractivity contribution in [3.8, 4) is 11.3 Å². The standard InChI is InChI=1S/C16H11ClN6OS/c17-11-3-1-2-10(4-11)12-7-25-16(21-12)22-14(24)6-23-9-20-15-13(23)5-18-8-19-15/h1-5,7-9H,6H2,(H,21,22,24). The molecule has 0 fully saturated rings. The number of hydrogen-bond donors (Lipinski definition) is 1. The predicted octanol–water partition coefficient (Wildman–Crippen LogP) is 3.24. The lowest BCUT2D eigenvalue weighted by Gasteiger charge is -2.03. The molecule has 3 heterocycles. The molecule has 3 aromatic heterocycles. The molecule has 0 aliphatic rings. The molecular weight excluding hydrogens is 360 g/mol. The van der Waals surface area contributed by atoms with E-state index in [2.05, 4.69) is 25.3 Å². The second kappa shape index (κ2) is 6.58. The second-order valence-electron chi connectivity index (χ2n) is 5.20. The van der Waals surface area contributed by atoms with Crippen molar-refractivity contribution in [3.63, 3.8) is 0 Å². The van der Waals surface area contributed by atoms with E-state index < -0.39 is 0 Å². The van der Waals surface area contributed by atoms with Crippen LogP contribution in [0.1, 0.15) is 0 Å². The summed E-state index contributed by atoms with van der Waals surface area (Å²) in [5.74, 6) is -0.199. The van der Waals surface area contributed by atoms with Crippen molar-refractivity contribution in [2.45, 2.75) is 6.54 Å². The summed E-state index contributed by atoms with van der Waals surface area (Å²) < 4.78 is 1.69. The summed E-state index contributed by atoms with van der Waals surface area (Å²) in [6.45, 7) is 0.107. The Balaban J connectivity index is 1.48. The number of thiazole rings is 1. The summed E-state index contributed by atoms with van der Waals surface area (Å²) in [6.07, 6.45) is 4.62. The van der Waals surface area contributed by atoms with Gasteiger partial charge in [-0.1, -0.05) is 23.7 Å². The van der Waals surface area contributed by atoms with Crippen LogP contribution >= 0.6 is 22.9 Å². The first kappa shape index (κ1) is 15.7. The Morgan fingerprint density at radius 1 is 1.32 bits per heavy atom. The number of nitrogens with zero attached hydrogens (tertiary/aromatic N) is 5. The molecule has 1 N–H and O–H groups in total. The van der Waals surface area contributed by atoms with Crippen molar-refractivity contribution < 1.29 is 4.79 Å². The molecule has 25 heavy (non-hydrogen) atoms. The van der Waals surface area contributed by atoms with Crippen molar-refractivity contribution in [2.24, 2.45) is 0 Å². The minimum absolute atomic E-state index is 0.107. The molecule has 124 valence electrons. The molecular formula is C16H11ClN6OS. The van der Waals surface area contributed by atoms with Crippen LogP contribution in [0.5, 0.6) is 0 Å². The maximum Gasteiger partial charge on any atom is 0.246 e. The second-order valence-corrected chi connectivity index (χ2v) is 6.50. The third kappa shape index (κ3) is 3.35. The van der Waals surface area contributed by atoms with E-state index in [1.54, 1.807) is 23.2 Å². The zero-order chi connectivity index (χ0) is 17.2. The third-order valence-corrected chi connectivity index (χ3v) is 4.48. The van der Waals surface area contributed by atoms with E-state index in [0.29, 0.717) is 21.3 Å². The molecule has 4 rings (SSSR count). The predicted molar refractivity (Wildman–Crippen MR) is 96.5 cm³/mol. The normalized spacial score (nSPS) is 10.9. The molecule has 0 spiro atoms. The molecule has 0 bridgehead atoms. The maximum atomic E-state index is 12.3. The molecule has 7 nitrogen and oxygen atoms in total. The quantitative estimate of drug-likeness (QED) is 0.596. The van der Waals surface area contributed by atoms with E-state index in [9.17, 15) is 4.79 Å². The molecule has 0 radical (unpaired) electrons. The number of halogens is 1. The Hall–Kier alpha value is -2.84. The highest BCUT2D eigenvalue weighted by atomic mass is 35.5. The Morgan fingerprint density at radius 3 is 3.12 bits per heavy atom. The van der Waals surface area contributed by atoms with Crippen LogP contribution in [0.3, 0.4) is 0 Å². The van der Waals surface area contributed by atoms with E-state index in [4.69, 9.17) is 11.6 Å². The van der Waals surface area contributed by atoms with Gasteiger partial charge in [0.15, 0.2) is 10.8 Å². The number of aromatic nitrogens is 5. The largest absolute Gasteiger partial charge is 0.318 e. The zero-order valence-corrected chi connectivity index (χ0v) is 14.3. The van der Waals surface area contributed by atoms with Gasteiger partial charge < -0.3 is 9.88 Å². The number of fused-ring (bicyclic) bond motifs is 1. The molecule has 0 aliphatic heterocycles. The topological polar surface area (TPSA) is 85.6 Å². The number of rotatable bonds is 4. The van der Waals surface area contributed by atoms with Gasteiger partial charge in [-0.2, -0.15) is 0 Å². The van der Waals surface area contributed by atoms with Crippen LogP contribution < -0.4 is 5.32 Å². The molecule has 1 aromatic carbocycles. The summed E-state index contributed by atoms with van der Waals surface area (Å²) in [4.78, 5) is 28.8. The zero-order valence-electron chi connectivity index (χ0n) is 12.8. The van der Waals surface area contributed by atoms with Crippen molar-refractivity contribution in [1.29, 1.82) is 0 Å². The molecule has 0 atom stereocenters. The van der Waals surface area contributed by atoms with E-state index in [0.717, 1.165) is 11.3 Å². The number of amides is 1. The van der Waals surface area contributed by atoms with E-state index >= 15 is 0 Å². The van der Waals surface area contributed by atoms with Crippen LogP contribution in [0.25, 0.3) is 22.4 Å². The lowest BCUT2D eigenvalue weighted by molar-refractivity contribution is -0.116. The van der Waals surface area contributed by atoms with E-state index in [1.807, 2.05) is 23.6 Å².